The van der Waals surface area contributed by atoms with Gasteiger partial charge < -0.3 is 5.32 Å². The van der Waals surface area contributed by atoms with Gasteiger partial charge in [-0.1, -0.05) is 24.3 Å². The van der Waals surface area contributed by atoms with E-state index in [0.29, 0.717) is 5.69 Å². The van der Waals surface area contributed by atoms with E-state index >= 15 is 0 Å². The van der Waals surface area contributed by atoms with Gasteiger partial charge in [0.2, 0.25) is 0 Å². The molecule has 0 unspecified atom stereocenters. The van der Waals surface area contributed by atoms with Crippen molar-refractivity contribution in [3.8, 4) is 0 Å². The van der Waals surface area contributed by atoms with Crippen LogP contribution >= 0.6 is 0 Å². The fraction of sp³-hybridized carbons (Fsp3) is 0.118. The van der Waals surface area contributed by atoms with Gasteiger partial charge in [-0.2, -0.15) is 5.21 Å². The first-order valence-corrected chi connectivity index (χ1v) is 9.22. The summed E-state index contributed by atoms with van der Waals surface area (Å²) in [6, 6.07) is 13.3. The van der Waals surface area contributed by atoms with Crippen molar-refractivity contribution in [1.29, 1.82) is 0 Å². The monoisotopic (exact) mass is 371 g/mol. The summed E-state index contributed by atoms with van der Waals surface area (Å²) in [7, 11) is -3.88. The highest BCUT2D eigenvalue weighted by molar-refractivity contribution is 7.92. The quantitative estimate of drug-likeness (QED) is 0.637. The van der Waals surface area contributed by atoms with Crippen LogP contribution in [0.25, 0.3) is 0 Å². The van der Waals surface area contributed by atoms with Crippen molar-refractivity contribution in [3.05, 3.63) is 65.4 Å². The van der Waals surface area contributed by atoms with Crippen molar-refractivity contribution in [2.45, 2.75) is 18.7 Å². The summed E-state index contributed by atoms with van der Waals surface area (Å²) in [5.74, 6) is -0.747. The third kappa shape index (κ3) is 3.72. The summed E-state index contributed by atoms with van der Waals surface area (Å²) in [5, 5.41) is 12.4. The second-order valence-electron chi connectivity index (χ2n) is 5.69. The average Bonchev–Trinajstić information content (AvgIpc) is 3.06. The fourth-order valence-corrected chi connectivity index (χ4v) is 3.29. The Hall–Kier alpha value is -3.20. The Bertz CT molecular complexity index is 1050. The molecule has 0 aliphatic heterocycles. The van der Waals surface area contributed by atoms with Gasteiger partial charge in [-0.25, -0.2) is 8.42 Å². The molecule has 3 rings (SSSR count). The number of benzene rings is 2. The minimum absolute atomic E-state index is 0.0588. The van der Waals surface area contributed by atoms with Crippen LogP contribution in [0.3, 0.4) is 0 Å². The van der Waals surface area contributed by atoms with Crippen LogP contribution in [0.1, 0.15) is 21.6 Å². The summed E-state index contributed by atoms with van der Waals surface area (Å²) >= 11 is 0. The molecule has 0 atom stereocenters. The van der Waals surface area contributed by atoms with Crippen LogP contribution in [-0.2, 0) is 10.0 Å². The molecule has 0 radical (unpaired) electrons. The predicted octanol–water partition coefficient (Wildman–Crippen LogP) is 2.47. The molecule has 1 heterocycles. The van der Waals surface area contributed by atoms with Crippen LogP contribution in [-0.4, -0.2) is 29.7 Å². The first-order valence-electron chi connectivity index (χ1n) is 7.74. The molecule has 0 saturated carbocycles. The second kappa shape index (κ2) is 6.96. The van der Waals surface area contributed by atoms with Crippen LogP contribution in [0.4, 0.5) is 11.5 Å². The molecule has 9 heteroatoms. The van der Waals surface area contributed by atoms with Gasteiger partial charge >= 0.3 is 0 Å². The molecule has 0 fully saturated rings. The number of rotatable bonds is 5. The van der Waals surface area contributed by atoms with Crippen molar-refractivity contribution in [3.63, 3.8) is 0 Å². The Morgan fingerprint density at radius 3 is 2.42 bits per heavy atom. The minimum atomic E-state index is -3.88. The predicted molar refractivity (Wildman–Crippen MR) is 97.5 cm³/mol. The topological polar surface area (TPSA) is 117 Å². The Labute approximate surface area is 150 Å². The van der Waals surface area contributed by atoms with Crippen molar-refractivity contribution in [2.75, 3.05) is 10.0 Å². The number of aromatic amines is 1. The number of amides is 1. The van der Waals surface area contributed by atoms with E-state index in [1.807, 2.05) is 26.0 Å². The zero-order chi connectivity index (χ0) is 18.7. The maximum absolute atomic E-state index is 12.4. The maximum atomic E-state index is 12.4. The fourth-order valence-electron chi connectivity index (χ4n) is 2.26. The first-order chi connectivity index (χ1) is 12.4. The molecule has 1 amide bonds. The molecule has 2 aromatic carbocycles. The Kier molecular flexibility index (Phi) is 4.72. The lowest BCUT2D eigenvalue weighted by Crippen LogP contribution is -2.18. The number of hydrogen-bond acceptors (Lipinski definition) is 5. The lowest BCUT2D eigenvalue weighted by molar-refractivity contribution is 0.102. The number of nitrogens with one attached hydrogen (secondary N) is 3. The molecular weight excluding hydrogens is 354 g/mol. The molecule has 1 aromatic heterocycles. The average molecular weight is 371 g/mol. The molecule has 0 spiro atoms. The van der Waals surface area contributed by atoms with Gasteiger partial charge in [-0.15, -0.1) is 10.2 Å². The van der Waals surface area contributed by atoms with E-state index in [2.05, 4.69) is 25.4 Å². The standard InChI is InChI=1S/C17H17N5O3S/c1-11-8-9-13(10-12(11)2)18-17(23)15-16(20-22-19-15)21-26(24,25)14-6-4-3-5-7-14/h3-10H,1-2H3,(H,18,23)(H2,19,20,21,22). The van der Waals surface area contributed by atoms with Crippen LogP contribution in [0.2, 0.25) is 0 Å². The van der Waals surface area contributed by atoms with E-state index in [9.17, 15) is 13.2 Å². The van der Waals surface area contributed by atoms with Crippen molar-refractivity contribution in [1.82, 2.24) is 15.4 Å². The van der Waals surface area contributed by atoms with E-state index in [4.69, 9.17) is 0 Å². The summed E-state index contributed by atoms with van der Waals surface area (Å²) in [5.41, 5.74) is 2.55. The second-order valence-corrected chi connectivity index (χ2v) is 7.37. The molecular formula is C17H17N5O3S. The smallest absolute Gasteiger partial charge is 0.280 e. The van der Waals surface area contributed by atoms with E-state index in [0.717, 1.165) is 11.1 Å². The van der Waals surface area contributed by atoms with E-state index in [1.165, 1.54) is 12.1 Å². The number of carbonyl (C=O) groups is 1. The van der Waals surface area contributed by atoms with Crippen molar-refractivity contribution < 1.29 is 13.2 Å². The van der Waals surface area contributed by atoms with Crippen LogP contribution < -0.4 is 10.0 Å². The van der Waals surface area contributed by atoms with Gasteiger partial charge in [0.15, 0.2) is 11.5 Å². The minimum Gasteiger partial charge on any atom is -0.320 e. The molecule has 8 nitrogen and oxygen atoms in total. The number of aryl methyl sites for hydroxylation is 2. The van der Waals surface area contributed by atoms with Crippen LogP contribution in [0.15, 0.2) is 53.4 Å². The SMILES string of the molecule is Cc1ccc(NC(=O)c2n[nH]nc2NS(=O)(=O)c2ccccc2)cc1C. The van der Waals surface area contributed by atoms with Gasteiger partial charge in [0, 0.05) is 5.69 Å². The van der Waals surface area contributed by atoms with Gasteiger partial charge in [0.25, 0.3) is 15.9 Å². The summed E-state index contributed by atoms with van der Waals surface area (Å²) in [6.07, 6.45) is 0. The molecule has 0 aliphatic rings. The Morgan fingerprint density at radius 1 is 1.00 bits per heavy atom. The normalized spacial score (nSPS) is 11.2. The van der Waals surface area contributed by atoms with Gasteiger partial charge in [0.1, 0.15) is 0 Å². The Morgan fingerprint density at radius 2 is 1.73 bits per heavy atom. The van der Waals surface area contributed by atoms with Crippen LogP contribution in [0, 0.1) is 13.8 Å². The lowest BCUT2D eigenvalue weighted by Gasteiger charge is -2.08. The number of anilines is 2. The highest BCUT2D eigenvalue weighted by Gasteiger charge is 2.22. The van der Waals surface area contributed by atoms with Crippen LogP contribution in [0.5, 0.6) is 0 Å². The summed E-state index contributed by atoms with van der Waals surface area (Å²) in [6.45, 7) is 3.90. The number of nitrogens with zero attached hydrogens (tertiary/aromatic N) is 2. The first kappa shape index (κ1) is 17.6. The number of aromatic nitrogens is 3. The van der Waals surface area contributed by atoms with E-state index in [1.54, 1.807) is 24.3 Å². The molecule has 26 heavy (non-hydrogen) atoms. The maximum Gasteiger partial charge on any atom is 0.280 e. The number of sulfonamides is 1. The molecule has 0 bridgehead atoms. The van der Waals surface area contributed by atoms with Gasteiger partial charge in [0.05, 0.1) is 4.90 Å². The van der Waals surface area contributed by atoms with Crippen molar-refractivity contribution >= 4 is 27.4 Å². The highest BCUT2D eigenvalue weighted by atomic mass is 32.2. The van der Waals surface area contributed by atoms with Gasteiger partial charge in [-0.05, 0) is 49.2 Å². The number of carbonyl (C=O) groups excluding carboxylic acids is 1. The van der Waals surface area contributed by atoms with Crippen molar-refractivity contribution in [2.24, 2.45) is 0 Å². The zero-order valence-electron chi connectivity index (χ0n) is 14.1. The van der Waals surface area contributed by atoms with E-state index < -0.39 is 15.9 Å². The third-order valence-electron chi connectivity index (χ3n) is 3.81. The lowest BCUT2D eigenvalue weighted by atomic mass is 10.1. The summed E-state index contributed by atoms with van der Waals surface area (Å²) < 4.78 is 27.1. The zero-order valence-corrected chi connectivity index (χ0v) is 15.0. The molecule has 3 aromatic rings. The molecule has 0 aliphatic carbocycles. The number of hydrogen-bond donors (Lipinski definition) is 3. The number of H-pyrrole nitrogens is 1. The Balaban J connectivity index is 1.82. The molecule has 134 valence electrons. The van der Waals surface area contributed by atoms with E-state index in [-0.39, 0.29) is 16.4 Å². The highest BCUT2D eigenvalue weighted by Crippen LogP contribution is 2.19. The molecule has 0 saturated heterocycles. The summed E-state index contributed by atoms with van der Waals surface area (Å²) in [4.78, 5) is 12.5. The largest absolute Gasteiger partial charge is 0.320 e. The third-order valence-corrected chi connectivity index (χ3v) is 5.17. The van der Waals surface area contributed by atoms with Gasteiger partial charge in [-0.3, -0.25) is 9.52 Å². The molecule has 3 N–H and O–H groups in total.